The van der Waals surface area contributed by atoms with Crippen LogP contribution in [0.3, 0.4) is 0 Å². The highest BCUT2D eigenvalue weighted by Crippen LogP contribution is 2.22. The Morgan fingerprint density at radius 2 is 1.79 bits per heavy atom. The zero-order valence-electron chi connectivity index (χ0n) is 16.9. The van der Waals surface area contributed by atoms with E-state index in [2.05, 4.69) is 15.6 Å². The highest BCUT2D eigenvalue weighted by molar-refractivity contribution is 7.89. The Hall–Kier alpha value is -2.98. The van der Waals surface area contributed by atoms with Gasteiger partial charge in [0.1, 0.15) is 11.0 Å². The van der Waals surface area contributed by atoms with E-state index >= 15 is 0 Å². The Bertz CT molecular complexity index is 1160. The third kappa shape index (κ3) is 4.22. The number of carbonyl (C=O) groups is 1. The van der Waals surface area contributed by atoms with Crippen molar-refractivity contribution < 1.29 is 18.0 Å². The number of sulfonamides is 1. The Balaban J connectivity index is 1.78. The number of anilines is 1. The molecule has 0 fully saturated rings. The molecule has 0 spiro atoms. The summed E-state index contributed by atoms with van der Waals surface area (Å²) >= 11 is 0. The number of benzene rings is 2. The number of hydrogen-bond acceptors (Lipinski definition) is 6. The molecule has 9 nitrogen and oxygen atoms in total. The first kappa shape index (κ1) is 20.7. The number of aryl methyl sites for hydroxylation is 3. The molecule has 0 saturated heterocycles. The van der Waals surface area contributed by atoms with Gasteiger partial charge in [0.15, 0.2) is 6.61 Å². The van der Waals surface area contributed by atoms with Gasteiger partial charge in [0.2, 0.25) is 10.0 Å². The van der Waals surface area contributed by atoms with E-state index in [0.29, 0.717) is 11.0 Å². The van der Waals surface area contributed by atoms with Gasteiger partial charge in [-0.15, -0.1) is 5.10 Å². The van der Waals surface area contributed by atoms with Gasteiger partial charge in [0.25, 0.3) is 5.91 Å². The molecule has 29 heavy (non-hydrogen) atoms. The smallest absolute Gasteiger partial charge is 0.265 e. The standard InChI is InChI=1S/C19H23N5O4S/c1-12-8-13(2)19(14(3)9-12)20-18(25)11-28-24-17-10-15(29(26,27)23(4)5)6-7-16(17)21-22-24/h6-10H,11H2,1-5H3,(H,20,25). The number of fused-ring (bicyclic) bond motifs is 1. The van der Waals surface area contributed by atoms with Crippen molar-refractivity contribution in [2.45, 2.75) is 25.7 Å². The number of rotatable bonds is 6. The average molecular weight is 417 g/mol. The van der Waals surface area contributed by atoms with Gasteiger partial charge in [0.05, 0.1) is 4.90 Å². The van der Waals surface area contributed by atoms with Crippen LogP contribution in [0.1, 0.15) is 16.7 Å². The topological polar surface area (TPSA) is 106 Å². The maximum absolute atomic E-state index is 12.3. The minimum Gasteiger partial charge on any atom is -0.385 e. The number of carbonyl (C=O) groups excluding carboxylic acids is 1. The molecule has 3 rings (SSSR count). The minimum atomic E-state index is -3.62. The predicted molar refractivity (Wildman–Crippen MR) is 109 cm³/mol. The zero-order valence-corrected chi connectivity index (χ0v) is 17.7. The molecule has 0 radical (unpaired) electrons. The highest BCUT2D eigenvalue weighted by atomic mass is 32.2. The van der Waals surface area contributed by atoms with E-state index in [0.717, 1.165) is 31.5 Å². The van der Waals surface area contributed by atoms with Crippen molar-refractivity contribution in [2.75, 3.05) is 26.0 Å². The second-order valence-corrected chi connectivity index (χ2v) is 9.15. The van der Waals surface area contributed by atoms with E-state index in [1.54, 1.807) is 0 Å². The van der Waals surface area contributed by atoms with E-state index in [9.17, 15) is 13.2 Å². The Morgan fingerprint density at radius 1 is 1.14 bits per heavy atom. The normalized spacial score (nSPS) is 11.8. The SMILES string of the molecule is Cc1cc(C)c(NC(=O)COn2nnc3ccc(S(=O)(=O)N(C)C)cc32)c(C)c1. The van der Waals surface area contributed by atoms with Crippen molar-refractivity contribution in [1.82, 2.24) is 19.5 Å². The van der Waals surface area contributed by atoms with Crippen LogP contribution in [-0.2, 0) is 14.8 Å². The number of nitrogens with one attached hydrogen (secondary N) is 1. The number of amides is 1. The number of aromatic nitrogens is 3. The van der Waals surface area contributed by atoms with E-state index in [1.165, 1.54) is 32.3 Å². The first-order valence-electron chi connectivity index (χ1n) is 8.88. The summed E-state index contributed by atoms with van der Waals surface area (Å²) in [4.78, 5) is 18.9. The van der Waals surface area contributed by atoms with Gasteiger partial charge in [-0.3, -0.25) is 4.79 Å². The molecule has 1 heterocycles. The predicted octanol–water partition coefficient (Wildman–Crippen LogP) is 1.67. The maximum Gasteiger partial charge on any atom is 0.265 e. The van der Waals surface area contributed by atoms with Gasteiger partial charge in [0, 0.05) is 19.8 Å². The second kappa shape index (κ2) is 7.80. The van der Waals surface area contributed by atoms with Crippen molar-refractivity contribution in [3.8, 4) is 0 Å². The fraction of sp³-hybridized carbons (Fsp3) is 0.316. The number of nitrogens with zero attached hydrogens (tertiary/aromatic N) is 4. The van der Waals surface area contributed by atoms with E-state index < -0.39 is 10.0 Å². The monoisotopic (exact) mass is 417 g/mol. The molecule has 0 saturated carbocycles. The van der Waals surface area contributed by atoms with Gasteiger partial charge >= 0.3 is 0 Å². The number of hydrogen-bond donors (Lipinski definition) is 1. The third-order valence-corrected chi connectivity index (χ3v) is 6.24. The lowest BCUT2D eigenvalue weighted by Gasteiger charge is -2.13. The molecular weight excluding hydrogens is 394 g/mol. The van der Waals surface area contributed by atoms with Crippen LogP contribution in [0.5, 0.6) is 0 Å². The van der Waals surface area contributed by atoms with Gasteiger partial charge in [-0.1, -0.05) is 22.5 Å². The molecule has 1 amide bonds. The van der Waals surface area contributed by atoms with Crippen LogP contribution in [0, 0.1) is 20.8 Å². The molecule has 0 unspecified atom stereocenters. The largest absolute Gasteiger partial charge is 0.385 e. The lowest BCUT2D eigenvalue weighted by atomic mass is 10.1. The van der Waals surface area contributed by atoms with Gasteiger partial charge in [-0.2, -0.15) is 0 Å². The first-order valence-corrected chi connectivity index (χ1v) is 10.3. The second-order valence-electron chi connectivity index (χ2n) is 7.00. The highest BCUT2D eigenvalue weighted by Gasteiger charge is 2.19. The van der Waals surface area contributed by atoms with Crippen LogP contribution in [0.4, 0.5) is 5.69 Å². The molecule has 0 atom stereocenters. The van der Waals surface area contributed by atoms with Crippen LogP contribution in [0.15, 0.2) is 35.2 Å². The van der Waals surface area contributed by atoms with Crippen LogP contribution in [-0.4, -0.2) is 54.5 Å². The summed E-state index contributed by atoms with van der Waals surface area (Å²) in [6.07, 6.45) is 0. The summed E-state index contributed by atoms with van der Waals surface area (Å²) in [5.41, 5.74) is 4.58. The molecule has 3 aromatic rings. The Kier molecular flexibility index (Phi) is 5.58. The van der Waals surface area contributed by atoms with Gasteiger partial charge in [-0.05, 0) is 55.3 Å². The summed E-state index contributed by atoms with van der Waals surface area (Å²) in [5.74, 6) is -0.360. The lowest BCUT2D eigenvalue weighted by Crippen LogP contribution is -2.27. The summed E-state index contributed by atoms with van der Waals surface area (Å²) in [6.45, 7) is 5.54. The summed E-state index contributed by atoms with van der Waals surface area (Å²) in [6, 6.07) is 8.38. The van der Waals surface area contributed by atoms with Gasteiger partial charge < -0.3 is 10.2 Å². The van der Waals surface area contributed by atoms with Crippen molar-refractivity contribution in [3.05, 3.63) is 47.0 Å². The molecule has 154 valence electrons. The molecule has 0 aliphatic heterocycles. The summed E-state index contributed by atoms with van der Waals surface area (Å²) in [7, 11) is -0.720. The van der Waals surface area contributed by atoms with E-state index in [4.69, 9.17) is 4.84 Å². The fourth-order valence-electron chi connectivity index (χ4n) is 3.02. The summed E-state index contributed by atoms with van der Waals surface area (Å²) < 4.78 is 25.8. The van der Waals surface area contributed by atoms with Crippen molar-refractivity contribution in [1.29, 1.82) is 0 Å². The average Bonchev–Trinajstić information content (AvgIpc) is 3.05. The van der Waals surface area contributed by atoms with Gasteiger partial charge in [-0.25, -0.2) is 12.7 Å². The van der Waals surface area contributed by atoms with Crippen molar-refractivity contribution >= 4 is 32.7 Å². The fourth-order valence-corrected chi connectivity index (χ4v) is 3.94. The maximum atomic E-state index is 12.3. The van der Waals surface area contributed by atoms with Crippen LogP contribution >= 0.6 is 0 Å². The minimum absolute atomic E-state index is 0.0810. The van der Waals surface area contributed by atoms with Crippen molar-refractivity contribution in [3.63, 3.8) is 0 Å². The summed E-state index contributed by atoms with van der Waals surface area (Å²) in [5, 5.41) is 10.6. The molecule has 1 aromatic heterocycles. The molecular formula is C19H23N5O4S. The van der Waals surface area contributed by atoms with E-state index in [1.807, 2.05) is 32.9 Å². The zero-order chi connectivity index (χ0) is 21.3. The van der Waals surface area contributed by atoms with Crippen LogP contribution in [0.25, 0.3) is 11.0 Å². The quantitative estimate of drug-likeness (QED) is 0.654. The Labute approximate surface area is 169 Å². The lowest BCUT2D eigenvalue weighted by molar-refractivity contribution is -0.121. The van der Waals surface area contributed by atoms with Crippen LogP contribution < -0.4 is 10.2 Å². The Morgan fingerprint density at radius 3 is 2.41 bits per heavy atom. The first-order chi connectivity index (χ1) is 13.6. The molecule has 10 heteroatoms. The molecule has 1 N–H and O–H groups in total. The molecule has 0 aliphatic rings. The van der Waals surface area contributed by atoms with Crippen LogP contribution in [0.2, 0.25) is 0 Å². The molecule has 0 aliphatic carbocycles. The molecule has 0 bridgehead atoms. The molecule has 2 aromatic carbocycles. The van der Waals surface area contributed by atoms with Crippen molar-refractivity contribution in [2.24, 2.45) is 0 Å². The third-order valence-electron chi connectivity index (χ3n) is 4.42. The van der Waals surface area contributed by atoms with E-state index in [-0.39, 0.29) is 17.4 Å².